The van der Waals surface area contributed by atoms with Crippen molar-refractivity contribution in [3.63, 3.8) is 0 Å². The lowest BCUT2D eigenvalue weighted by atomic mass is 10.3. The number of ether oxygens (including phenoxy) is 1. The summed E-state index contributed by atoms with van der Waals surface area (Å²) in [6.45, 7) is 1.64. The lowest BCUT2D eigenvalue weighted by Gasteiger charge is -2.10. The molecule has 0 fully saturated rings. The first-order valence-electron chi connectivity index (χ1n) is 5.79. The van der Waals surface area contributed by atoms with Gasteiger partial charge in [-0.2, -0.15) is 0 Å². The summed E-state index contributed by atoms with van der Waals surface area (Å²) in [7, 11) is 0. The van der Waals surface area contributed by atoms with E-state index in [1.165, 1.54) is 11.3 Å². The molecule has 4 N–H and O–H groups in total. The number of hydrogen-bond acceptors (Lipinski definition) is 6. The molecule has 1 heterocycles. The molecular formula is C12H15N3O3S. The number of rotatable bonds is 5. The fourth-order valence-electron chi connectivity index (χ4n) is 1.51. The van der Waals surface area contributed by atoms with Crippen LogP contribution in [0.5, 0.6) is 0 Å². The van der Waals surface area contributed by atoms with Gasteiger partial charge in [-0.15, -0.1) is 0 Å². The zero-order valence-corrected chi connectivity index (χ0v) is 11.2. The van der Waals surface area contributed by atoms with Gasteiger partial charge in [0.2, 0.25) is 0 Å². The van der Waals surface area contributed by atoms with Crippen LogP contribution < -0.4 is 11.1 Å². The van der Waals surface area contributed by atoms with Crippen LogP contribution >= 0.6 is 11.3 Å². The summed E-state index contributed by atoms with van der Waals surface area (Å²) < 4.78 is 6.03. The van der Waals surface area contributed by atoms with Gasteiger partial charge in [-0.3, -0.25) is 10.1 Å². The minimum atomic E-state index is -0.635. The number of nitrogens with one attached hydrogen (secondary N) is 1. The molecule has 0 saturated heterocycles. The molecule has 6 nitrogen and oxygen atoms in total. The van der Waals surface area contributed by atoms with Crippen LogP contribution in [-0.2, 0) is 9.53 Å². The van der Waals surface area contributed by atoms with Gasteiger partial charge in [0.15, 0.2) is 5.13 Å². The van der Waals surface area contributed by atoms with Gasteiger partial charge >= 0.3 is 0 Å². The molecule has 102 valence electrons. The first-order valence-corrected chi connectivity index (χ1v) is 6.61. The molecule has 1 aromatic heterocycles. The Labute approximate surface area is 114 Å². The summed E-state index contributed by atoms with van der Waals surface area (Å²) in [6, 6.07) is 5.39. The Morgan fingerprint density at radius 1 is 1.63 bits per heavy atom. The number of anilines is 2. The normalized spacial score (nSPS) is 12.5. The molecule has 0 aliphatic rings. The Morgan fingerprint density at radius 2 is 2.42 bits per heavy atom. The molecule has 0 saturated carbocycles. The second kappa shape index (κ2) is 5.96. The van der Waals surface area contributed by atoms with Crippen molar-refractivity contribution in [2.45, 2.75) is 13.0 Å². The predicted octanol–water partition coefficient (Wildman–Crippen LogP) is 1.21. The van der Waals surface area contributed by atoms with Crippen molar-refractivity contribution < 1.29 is 14.6 Å². The topological polar surface area (TPSA) is 97.5 Å². The number of aliphatic hydroxyl groups excluding tert-OH is 1. The summed E-state index contributed by atoms with van der Waals surface area (Å²) >= 11 is 1.35. The number of aliphatic hydroxyl groups is 1. The Bertz CT molecular complexity index is 585. The largest absolute Gasteiger partial charge is 0.399 e. The van der Waals surface area contributed by atoms with E-state index in [1.54, 1.807) is 13.0 Å². The number of nitrogen functional groups attached to an aromatic ring is 1. The molecule has 1 amide bonds. The maximum absolute atomic E-state index is 11.8. The molecule has 0 radical (unpaired) electrons. The number of thiazole rings is 1. The molecule has 1 unspecified atom stereocenters. The first kappa shape index (κ1) is 13.7. The van der Waals surface area contributed by atoms with Gasteiger partial charge in [0.25, 0.3) is 5.91 Å². The quantitative estimate of drug-likeness (QED) is 0.716. The third kappa shape index (κ3) is 3.40. The first-order chi connectivity index (χ1) is 9.10. The maximum atomic E-state index is 11.8. The number of nitrogens with two attached hydrogens (primary N) is 1. The third-order valence-electron chi connectivity index (χ3n) is 2.47. The molecule has 19 heavy (non-hydrogen) atoms. The number of amides is 1. The van der Waals surface area contributed by atoms with Gasteiger partial charge in [-0.1, -0.05) is 11.3 Å². The number of carbonyl (C=O) groups excluding carboxylic acids is 1. The molecule has 0 aliphatic heterocycles. The Kier molecular flexibility index (Phi) is 4.31. The van der Waals surface area contributed by atoms with E-state index in [0.717, 1.165) is 10.2 Å². The zero-order chi connectivity index (χ0) is 13.8. The molecule has 2 rings (SSSR count). The molecule has 2 aromatic rings. The van der Waals surface area contributed by atoms with Gasteiger partial charge in [0.05, 0.1) is 23.4 Å². The number of aromatic nitrogens is 1. The standard InChI is InChI=1S/C12H15N3O3S/c1-7(18-5-4-16)11(17)15-12-14-9-3-2-8(13)6-10(9)19-12/h2-3,6-7,16H,4-5,13H2,1H3,(H,14,15,17). The van der Waals surface area contributed by atoms with E-state index in [1.807, 2.05) is 12.1 Å². The monoisotopic (exact) mass is 281 g/mol. The van der Waals surface area contributed by atoms with E-state index in [0.29, 0.717) is 10.8 Å². The predicted molar refractivity (Wildman–Crippen MR) is 75.2 cm³/mol. The number of benzene rings is 1. The van der Waals surface area contributed by atoms with Gasteiger partial charge < -0.3 is 15.6 Å². The molecule has 1 aromatic carbocycles. The van der Waals surface area contributed by atoms with Crippen molar-refractivity contribution in [3.05, 3.63) is 18.2 Å². The Balaban J connectivity index is 2.06. The molecular weight excluding hydrogens is 266 g/mol. The van der Waals surface area contributed by atoms with Crippen molar-refractivity contribution in [3.8, 4) is 0 Å². The van der Waals surface area contributed by atoms with Crippen LogP contribution in [0.4, 0.5) is 10.8 Å². The average molecular weight is 281 g/mol. The fraction of sp³-hybridized carbons (Fsp3) is 0.333. The van der Waals surface area contributed by atoms with Gasteiger partial charge in [0.1, 0.15) is 6.10 Å². The maximum Gasteiger partial charge on any atom is 0.254 e. The van der Waals surface area contributed by atoms with Crippen molar-refractivity contribution >= 4 is 38.3 Å². The highest BCUT2D eigenvalue weighted by Crippen LogP contribution is 2.27. The van der Waals surface area contributed by atoms with Crippen molar-refractivity contribution in [2.24, 2.45) is 0 Å². The minimum Gasteiger partial charge on any atom is -0.399 e. The highest BCUT2D eigenvalue weighted by atomic mass is 32.1. The highest BCUT2D eigenvalue weighted by molar-refractivity contribution is 7.22. The number of fused-ring (bicyclic) bond motifs is 1. The van der Waals surface area contributed by atoms with E-state index in [4.69, 9.17) is 15.6 Å². The van der Waals surface area contributed by atoms with Crippen LogP contribution in [0, 0.1) is 0 Å². The summed E-state index contributed by atoms with van der Waals surface area (Å²) in [6.07, 6.45) is -0.635. The highest BCUT2D eigenvalue weighted by Gasteiger charge is 2.15. The molecule has 7 heteroatoms. The van der Waals surface area contributed by atoms with Crippen LogP contribution in [-0.4, -0.2) is 35.3 Å². The van der Waals surface area contributed by atoms with Crippen molar-refractivity contribution in [1.29, 1.82) is 0 Å². The lowest BCUT2D eigenvalue weighted by Crippen LogP contribution is -2.28. The second-order valence-corrected chi connectivity index (χ2v) is 5.00. The summed E-state index contributed by atoms with van der Waals surface area (Å²) in [4.78, 5) is 16.1. The van der Waals surface area contributed by atoms with Crippen LogP contribution in [0.1, 0.15) is 6.92 Å². The van der Waals surface area contributed by atoms with Crippen LogP contribution in [0.25, 0.3) is 10.2 Å². The van der Waals surface area contributed by atoms with E-state index in [2.05, 4.69) is 10.3 Å². The van der Waals surface area contributed by atoms with E-state index in [9.17, 15) is 4.79 Å². The van der Waals surface area contributed by atoms with E-state index >= 15 is 0 Å². The van der Waals surface area contributed by atoms with Crippen LogP contribution in [0.2, 0.25) is 0 Å². The smallest absolute Gasteiger partial charge is 0.254 e. The van der Waals surface area contributed by atoms with Crippen molar-refractivity contribution in [2.75, 3.05) is 24.3 Å². The minimum absolute atomic E-state index is 0.113. The Hall–Kier alpha value is -1.70. The van der Waals surface area contributed by atoms with Gasteiger partial charge in [0, 0.05) is 5.69 Å². The summed E-state index contributed by atoms with van der Waals surface area (Å²) in [5.74, 6) is -0.291. The molecule has 0 bridgehead atoms. The summed E-state index contributed by atoms with van der Waals surface area (Å²) in [5.41, 5.74) is 7.14. The fourth-order valence-corrected chi connectivity index (χ4v) is 2.42. The van der Waals surface area contributed by atoms with Gasteiger partial charge in [-0.25, -0.2) is 4.98 Å². The Morgan fingerprint density at radius 3 is 3.16 bits per heavy atom. The molecule has 1 atom stereocenters. The lowest BCUT2D eigenvalue weighted by molar-refractivity contribution is -0.126. The zero-order valence-electron chi connectivity index (χ0n) is 10.4. The van der Waals surface area contributed by atoms with E-state index < -0.39 is 6.10 Å². The van der Waals surface area contributed by atoms with Crippen LogP contribution in [0.3, 0.4) is 0 Å². The van der Waals surface area contributed by atoms with Crippen LogP contribution in [0.15, 0.2) is 18.2 Å². The van der Waals surface area contributed by atoms with E-state index in [-0.39, 0.29) is 19.1 Å². The number of nitrogens with zero attached hydrogens (tertiary/aromatic N) is 1. The molecule has 0 spiro atoms. The van der Waals surface area contributed by atoms with Gasteiger partial charge in [-0.05, 0) is 25.1 Å². The SMILES string of the molecule is CC(OCCO)C(=O)Nc1nc2ccc(N)cc2s1. The van der Waals surface area contributed by atoms with Crippen molar-refractivity contribution in [1.82, 2.24) is 4.98 Å². The summed E-state index contributed by atoms with van der Waals surface area (Å²) in [5, 5.41) is 11.8. The second-order valence-electron chi connectivity index (χ2n) is 3.97. The average Bonchev–Trinajstić information content (AvgIpc) is 2.77. The third-order valence-corrected chi connectivity index (χ3v) is 3.40. The number of hydrogen-bond donors (Lipinski definition) is 3. The molecule has 0 aliphatic carbocycles. The number of carbonyl (C=O) groups is 1.